The topological polar surface area (TPSA) is 94.4 Å². The fraction of sp³-hybridized carbons (Fsp3) is 0.233. The molecule has 0 atom stereocenters. The fourth-order valence-corrected chi connectivity index (χ4v) is 6.12. The van der Waals surface area contributed by atoms with Crippen LogP contribution in [0.1, 0.15) is 40.7 Å². The average Bonchev–Trinajstić information content (AvgIpc) is 3.42. The molecule has 3 aromatic carbocycles. The van der Waals surface area contributed by atoms with Gasteiger partial charge in [0, 0.05) is 18.5 Å². The van der Waals surface area contributed by atoms with Crippen molar-refractivity contribution in [3.8, 4) is 11.1 Å². The third-order valence-electron chi connectivity index (χ3n) is 6.96. The first-order chi connectivity index (χ1) is 18.6. The molecule has 0 spiro atoms. The minimum atomic E-state index is -4.02. The van der Waals surface area contributed by atoms with Crippen molar-refractivity contribution in [1.82, 2.24) is 14.7 Å². The van der Waals surface area contributed by atoms with E-state index >= 15 is 0 Å². The molecule has 2 aromatic heterocycles. The van der Waals surface area contributed by atoms with Gasteiger partial charge in [0.25, 0.3) is 10.0 Å². The second kappa shape index (κ2) is 10.0. The molecule has 5 aromatic rings. The summed E-state index contributed by atoms with van der Waals surface area (Å²) in [5.74, 6) is 1.06. The largest absolute Gasteiger partial charge is 0.337 e. The van der Waals surface area contributed by atoms with Crippen LogP contribution in [0.2, 0.25) is 0 Å². The van der Waals surface area contributed by atoms with Crippen molar-refractivity contribution in [2.45, 2.75) is 52.5 Å². The molecule has 0 saturated carbocycles. The van der Waals surface area contributed by atoms with Crippen LogP contribution in [0, 0.1) is 34.3 Å². The molecule has 8 nitrogen and oxygen atoms in total. The van der Waals surface area contributed by atoms with Gasteiger partial charge in [0.2, 0.25) is 5.88 Å². The third kappa shape index (κ3) is 4.79. The summed E-state index contributed by atoms with van der Waals surface area (Å²) in [4.78, 5) is 8.70. The Morgan fingerprint density at radius 3 is 2.49 bits per heavy atom. The summed E-state index contributed by atoms with van der Waals surface area (Å²) in [6.07, 6.45) is 0.781. The molecule has 198 valence electrons. The molecule has 0 fully saturated rings. The zero-order chi connectivity index (χ0) is 27.9. The number of benzene rings is 3. The average molecular weight is 540 g/mol. The summed E-state index contributed by atoms with van der Waals surface area (Å²) in [5.41, 5.74) is 7.87. The molecular formula is C30H29N5O3S. The molecule has 9 heteroatoms. The Kier molecular flexibility index (Phi) is 6.74. The molecular weight excluding hydrogens is 510 g/mol. The van der Waals surface area contributed by atoms with E-state index in [1.165, 1.54) is 11.6 Å². The van der Waals surface area contributed by atoms with Gasteiger partial charge < -0.3 is 9.09 Å². The molecule has 1 N–H and O–H groups in total. The van der Waals surface area contributed by atoms with Crippen LogP contribution >= 0.6 is 0 Å². The van der Waals surface area contributed by atoms with Gasteiger partial charge in [-0.3, -0.25) is 0 Å². The van der Waals surface area contributed by atoms with E-state index < -0.39 is 10.0 Å². The predicted molar refractivity (Wildman–Crippen MR) is 153 cm³/mol. The highest BCUT2D eigenvalue weighted by molar-refractivity contribution is 7.92. The van der Waals surface area contributed by atoms with E-state index in [9.17, 15) is 8.42 Å². The van der Waals surface area contributed by atoms with Crippen LogP contribution in [-0.4, -0.2) is 23.1 Å². The van der Waals surface area contributed by atoms with Crippen LogP contribution in [0.3, 0.4) is 0 Å². The van der Waals surface area contributed by atoms with E-state index in [0.717, 1.165) is 34.4 Å². The number of imidazole rings is 1. The monoisotopic (exact) mass is 539 g/mol. The lowest BCUT2D eigenvalue weighted by molar-refractivity contribution is 0.430. The first-order valence-corrected chi connectivity index (χ1v) is 14.1. The number of fused-ring (bicyclic) bond motifs is 1. The molecule has 0 aliphatic carbocycles. The first-order valence-electron chi connectivity index (χ1n) is 12.6. The Bertz CT molecular complexity index is 1880. The second-order valence-corrected chi connectivity index (χ2v) is 11.4. The lowest BCUT2D eigenvalue weighted by Crippen LogP contribution is -2.14. The summed E-state index contributed by atoms with van der Waals surface area (Å²) in [6, 6.07) is 16.5. The normalized spacial score (nSPS) is 11.6. The van der Waals surface area contributed by atoms with Crippen LogP contribution in [-0.2, 0) is 23.0 Å². The van der Waals surface area contributed by atoms with Gasteiger partial charge >= 0.3 is 0 Å². The lowest BCUT2D eigenvalue weighted by Gasteiger charge is -2.14. The van der Waals surface area contributed by atoms with E-state index in [0.29, 0.717) is 34.6 Å². The van der Waals surface area contributed by atoms with E-state index in [-0.39, 0.29) is 10.8 Å². The SMILES string of the molecule is [C-]#[N+]c1cc(Cn2c(CC)nc3c(C)cc(C)cc32)ccc1-c1ccccc1S(=O)(=O)Nc1onc(C)c1C. The van der Waals surface area contributed by atoms with Gasteiger partial charge in [-0.25, -0.2) is 23.0 Å². The molecule has 5 rings (SSSR count). The maximum Gasteiger partial charge on any atom is 0.264 e. The standard InChI is InChI=1S/C30H29N5O3S/c1-7-28-32-29-19(3)14-18(2)15-26(29)35(28)17-22-12-13-23(25(16-22)31-6)24-10-8-9-11-27(24)39(36,37)34-30-20(4)21(5)33-38-30/h8-16,34H,7,17H2,1-5H3. The zero-order valence-corrected chi connectivity index (χ0v) is 23.3. The van der Waals surface area contributed by atoms with E-state index in [2.05, 4.69) is 52.2 Å². The van der Waals surface area contributed by atoms with Gasteiger partial charge in [-0.05, 0) is 67.6 Å². The number of aromatic nitrogens is 3. The van der Waals surface area contributed by atoms with Gasteiger partial charge in [0.05, 0.1) is 28.2 Å². The summed E-state index contributed by atoms with van der Waals surface area (Å²) < 4.78 is 36.7. The Morgan fingerprint density at radius 1 is 1.03 bits per heavy atom. The van der Waals surface area contributed by atoms with Crippen LogP contribution in [0.25, 0.3) is 27.0 Å². The maximum absolute atomic E-state index is 13.4. The molecule has 0 radical (unpaired) electrons. The van der Waals surface area contributed by atoms with Crippen molar-refractivity contribution in [1.29, 1.82) is 0 Å². The van der Waals surface area contributed by atoms with Crippen molar-refractivity contribution in [2.24, 2.45) is 0 Å². The number of rotatable bonds is 7. The zero-order valence-electron chi connectivity index (χ0n) is 22.5. The summed E-state index contributed by atoms with van der Waals surface area (Å²) >= 11 is 0. The minimum Gasteiger partial charge on any atom is -0.337 e. The molecule has 0 amide bonds. The van der Waals surface area contributed by atoms with Crippen molar-refractivity contribution in [3.05, 3.63) is 99.8 Å². The summed E-state index contributed by atoms with van der Waals surface area (Å²) in [7, 11) is -4.02. The quantitative estimate of drug-likeness (QED) is 0.227. The highest BCUT2D eigenvalue weighted by Crippen LogP contribution is 2.37. The maximum atomic E-state index is 13.4. The molecule has 0 aliphatic heterocycles. The smallest absolute Gasteiger partial charge is 0.264 e. The van der Waals surface area contributed by atoms with Crippen LogP contribution in [0.4, 0.5) is 11.6 Å². The molecule has 0 aliphatic rings. The lowest BCUT2D eigenvalue weighted by atomic mass is 10.0. The number of anilines is 1. The van der Waals surface area contributed by atoms with Crippen molar-refractivity contribution >= 4 is 32.6 Å². The van der Waals surface area contributed by atoms with Crippen molar-refractivity contribution in [2.75, 3.05) is 4.72 Å². The highest BCUT2D eigenvalue weighted by Gasteiger charge is 2.24. The van der Waals surface area contributed by atoms with Gasteiger partial charge in [-0.1, -0.05) is 54.5 Å². The van der Waals surface area contributed by atoms with Crippen LogP contribution in [0.15, 0.2) is 64.0 Å². The Hall–Kier alpha value is -4.42. The highest BCUT2D eigenvalue weighted by atomic mass is 32.2. The molecule has 0 unspecified atom stereocenters. The van der Waals surface area contributed by atoms with Gasteiger partial charge in [0.1, 0.15) is 5.82 Å². The van der Waals surface area contributed by atoms with E-state index in [1.54, 1.807) is 32.0 Å². The van der Waals surface area contributed by atoms with E-state index in [4.69, 9.17) is 16.1 Å². The Labute approximate surface area is 228 Å². The van der Waals surface area contributed by atoms with Crippen LogP contribution < -0.4 is 4.72 Å². The number of sulfonamides is 1. The number of nitrogens with one attached hydrogen (secondary N) is 1. The van der Waals surface area contributed by atoms with E-state index in [1.807, 2.05) is 18.2 Å². The second-order valence-electron chi connectivity index (χ2n) is 9.70. The number of hydrogen-bond acceptors (Lipinski definition) is 5. The van der Waals surface area contributed by atoms with Gasteiger partial charge in [-0.15, -0.1) is 0 Å². The fourth-order valence-electron chi connectivity index (χ4n) is 4.85. The Morgan fingerprint density at radius 2 is 1.79 bits per heavy atom. The van der Waals surface area contributed by atoms with Crippen molar-refractivity contribution < 1.29 is 12.9 Å². The Balaban J connectivity index is 1.55. The van der Waals surface area contributed by atoms with Crippen LogP contribution in [0.5, 0.6) is 0 Å². The van der Waals surface area contributed by atoms with Crippen molar-refractivity contribution in [3.63, 3.8) is 0 Å². The minimum absolute atomic E-state index is 0.0518. The molecule has 2 heterocycles. The summed E-state index contributed by atoms with van der Waals surface area (Å²) in [5, 5.41) is 3.83. The number of hydrogen-bond donors (Lipinski definition) is 1. The van der Waals surface area contributed by atoms with Gasteiger partial charge in [-0.2, -0.15) is 0 Å². The first kappa shape index (κ1) is 26.2. The third-order valence-corrected chi connectivity index (χ3v) is 8.35. The molecule has 39 heavy (non-hydrogen) atoms. The number of nitrogens with zero attached hydrogens (tertiary/aromatic N) is 4. The summed E-state index contributed by atoms with van der Waals surface area (Å²) in [6.45, 7) is 18.2. The molecule has 0 saturated heterocycles. The predicted octanol–water partition coefficient (Wildman–Crippen LogP) is 6.89. The number of aryl methyl sites for hydroxylation is 4. The molecule has 0 bridgehead atoms. The van der Waals surface area contributed by atoms with Gasteiger partial charge in [0.15, 0.2) is 5.69 Å².